The van der Waals surface area contributed by atoms with Gasteiger partial charge < -0.3 is 20.3 Å². The van der Waals surface area contributed by atoms with Gasteiger partial charge in [0.1, 0.15) is 5.75 Å². The first-order chi connectivity index (χ1) is 14.0. The third-order valence-corrected chi connectivity index (χ3v) is 4.69. The van der Waals surface area contributed by atoms with Crippen LogP contribution in [0.4, 0.5) is 17.1 Å². The zero-order chi connectivity index (χ0) is 20.8. The van der Waals surface area contributed by atoms with Gasteiger partial charge in [0, 0.05) is 30.8 Å². The van der Waals surface area contributed by atoms with Crippen LogP contribution < -0.4 is 20.3 Å². The third-order valence-electron chi connectivity index (χ3n) is 4.69. The topological polar surface area (TPSA) is 87.7 Å². The van der Waals surface area contributed by atoms with E-state index in [1.807, 2.05) is 31.2 Å². The molecule has 2 N–H and O–H groups in total. The van der Waals surface area contributed by atoms with E-state index in [0.29, 0.717) is 42.4 Å². The highest BCUT2D eigenvalue weighted by molar-refractivity contribution is 6.04. The predicted molar refractivity (Wildman–Crippen MR) is 112 cm³/mol. The molecule has 0 aromatic heterocycles. The number of benzene rings is 2. The Morgan fingerprint density at radius 1 is 1.07 bits per heavy atom. The quantitative estimate of drug-likeness (QED) is 0.752. The maximum absolute atomic E-state index is 12.7. The molecule has 0 bridgehead atoms. The fourth-order valence-electron chi connectivity index (χ4n) is 3.24. The largest absolute Gasteiger partial charge is 0.492 e. The number of anilines is 3. The van der Waals surface area contributed by atoms with E-state index < -0.39 is 5.92 Å². The molecule has 29 heavy (non-hydrogen) atoms. The maximum Gasteiger partial charge on any atom is 0.229 e. The number of hydrogen-bond donors (Lipinski definition) is 2. The van der Waals surface area contributed by atoms with Gasteiger partial charge in [0.15, 0.2) is 0 Å². The van der Waals surface area contributed by atoms with E-state index in [-0.39, 0.29) is 24.1 Å². The van der Waals surface area contributed by atoms with Gasteiger partial charge in [-0.15, -0.1) is 0 Å². The second-order valence-corrected chi connectivity index (χ2v) is 6.78. The van der Waals surface area contributed by atoms with Crippen LogP contribution in [0.2, 0.25) is 0 Å². The van der Waals surface area contributed by atoms with Gasteiger partial charge in [-0.25, -0.2) is 0 Å². The van der Waals surface area contributed by atoms with Crippen molar-refractivity contribution in [1.29, 1.82) is 0 Å². The van der Waals surface area contributed by atoms with Crippen LogP contribution in [0, 0.1) is 5.92 Å². The maximum atomic E-state index is 12.7. The van der Waals surface area contributed by atoms with Crippen molar-refractivity contribution >= 4 is 34.8 Å². The van der Waals surface area contributed by atoms with Crippen molar-refractivity contribution in [2.75, 3.05) is 28.7 Å². The van der Waals surface area contributed by atoms with Crippen LogP contribution in [0.5, 0.6) is 5.75 Å². The molecule has 0 saturated carbocycles. The van der Waals surface area contributed by atoms with Crippen LogP contribution >= 0.6 is 0 Å². The Bertz CT molecular complexity index is 912. The fourth-order valence-corrected chi connectivity index (χ4v) is 3.24. The lowest BCUT2D eigenvalue weighted by Crippen LogP contribution is -2.28. The summed E-state index contributed by atoms with van der Waals surface area (Å²) in [5, 5.41) is 5.61. The molecule has 1 heterocycles. The lowest BCUT2D eigenvalue weighted by atomic mass is 10.1. The van der Waals surface area contributed by atoms with Crippen molar-refractivity contribution in [1.82, 2.24) is 0 Å². The van der Waals surface area contributed by atoms with Gasteiger partial charge in [-0.1, -0.05) is 25.1 Å². The fraction of sp³-hybridized carbons (Fsp3) is 0.318. The van der Waals surface area contributed by atoms with Gasteiger partial charge >= 0.3 is 0 Å². The number of amides is 3. The molecule has 7 nitrogen and oxygen atoms in total. The second kappa shape index (κ2) is 9.23. The van der Waals surface area contributed by atoms with Crippen molar-refractivity contribution in [3.8, 4) is 5.75 Å². The van der Waals surface area contributed by atoms with Crippen molar-refractivity contribution in [3.63, 3.8) is 0 Å². The van der Waals surface area contributed by atoms with E-state index in [0.717, 1.165) is 0 Å². The first kappa shape index (κ1) is 20.4. The summed E-state index contributed by atoms with van der Waals surface area (Å²) < 4.78 is 5.61. The summed E-state index contributed by atoms with van der Waals surface area (Å²) >= 11 is 0. The number of nitrogens with one attached hydrogen (secondary N) is 2. The van der Waals surface area contributed by atoms with Crippen LogP contribution in [-0.2, 0) is 14.4 Å². The van der Waals surface area contributed by atoms with Crippen LogP contribution in [0.15, 0.2) is 48.5 Å². The van der Waals surface area contributed by atoms with E-state index in [1.165, 1.54) is 0 Å². The van der Waals surface area contributed by atoms with Gasteiger partial charge in [-0.3, -0.25) is 14.4 Å². The van der Waals surface area contributed by atoms with Gasteiger partial charge in [0.2, 0.25) is 17.7 Å². The average molecular weight is 395 g/mol. The molecule has 152 valence electrons. The Morgan fingerprint density at radius 2 is 1.79 bits per heavy atom. The number of nitrogens with zero attached hydrogens (tertiary/aromatic N) is 1. The minimum atomic E-state index is -0.467. The second-order valence-electron chi connectivity index (χ2n) is 6.78. The van der Waals surface area contributed by atoms with Gasteiger partial charge in [0.25, 0.3) is 0 Å². The lowest BCUT2D eigenvalue weighted by molar-refractivity contribution is -0.122. The van der Waals surface area contributed by atoms with E-state index >= 15 is 0 Å². The summed E-state index contributed by atoms with van der Waals surface area (Å²) in [5.41, 5.74) is 1.87. The Hall–Kier alpha value is -3.35. The number of carbonyl (C=O) groups is 3. The predicted octanol–water partition coefficient (Wildman–Crippen LogP) is 3.43. The molecule has 7 heteroatoms. The molecule has 0 radical (unpaired) electrons. The molecule has 0 spiro atoms. The molecular weight excluding hydrogens is 370 g/mol. The zero-order valence-corrected chi connectivity index (χ0v) is 16.6. The standard InChI is InChI=1S/C22H25N3O4/c1-3-20(26)23-16-8-7-9-17(13-16)24-22(28)15-12-21(27)25(14-15)18-10-5-6-11-19(18)29-4-2/h5-11,13,15H,3-4,12,14H2,1-2H3,(H,23,26)(H,24,28). The molecule has 0 aliphatic carbocycles. The Morgan fingerprint density at radius 3 is 2.52 bits per heavy atom. The molecular formula is C22H25N3O4. The molecule has 1 aliphatic heterocycles. The molecule has 1 atom stereocenters. The van der Waals surface area contributed by atoms with Crippen molar-refractivity contribution in [2.45, 2.75) is 26.7 Å². The van der Waals surface area contributed by atoms with Gasteiger partial charge in [0.05, 0.1) is 18.2 Å². The van der Waals surface area contributed by atoms with E-state index in [4.69, 9.17) is 4.74 Å². The Kier molecular flexibility index (Phi) is 6.49. The van der Waals surface area contributed by atoms with Crippen molar-refractivity contribution in [3.05, 3.63) is 48.5 Å². The van der Waals surface area contributed by atoms with Gasteiger partial charge in [-0.05, 0) is 37.3 Å². The normalized spacial score (nSPS) is 15.9. The first-order valence-corrected chi connectivity index (χ1v) is 9.74. The monoisotopic (exact) mass is 395 g/mol. The van der Waals surface area contributed by atoms with Crippen LogP contribution in [-0.4, -0.2) is 30.9 Å². The molecule has 3 amide bonds. The molecule has 1 fully saturated rings. The molecule has 3 rings (SSSR count). The summed E-state index contributed by atoms with van der Waals surface area (Å²) in [5.74, 6) is -0.275. The minimum Gasteiger partial charge on any atom is -0.492 e. The van der Waals surface area contributed by atoms with Gasteiger partial charge in [-0.2, -0.15) is 0 Å². The summed E-state index contributed by atoms with van der Waals surface area (Å²) in [6.45, 7) is 4.44. The van der Waals surface area contributed by atoms with E-state index in [2.05, 4.69) is 10.6 Å². The summed E-state index contributed by atoms with van der Waals surface area (Å²) in [7, 11) is 0. The highest BCUT2D eigenvalue weighted by Gasteiger charge is 2.36. The van der Waals surface area contributed by atoms with Crippen LogP contribution in [0.1, 0.15) is 26.7 Å². The number of para-hydroxylation sites is 2. The summed E-state index contributed by atoms with van der Waals surface area (Å²) in [6.07, 6.45) is 0.512. The number of hydrogen-bond acceptors (Lipinski definition) is 4. The van der Waals surface area contributed by atoms with Crippen LogP contribution in [0.25, 0.3) is 0 Å². The van der Waals surface area contributed by atoms with Crippen molar-refractivity contribution < 1.29 is 19.1 Å². The molecule has 1 unspecified atom stereocenters. The van der Waals surface area contributed by atoms with Crippen molar-refractivity contribution in [2.24, 2.45) is 5.92 Å². The Balaban J connectivity index is 1.68. The molecule has 1 aliphatic rings. The third kappa shape index (κ3) is 4.93. The smallest absolute Gasteiger partial charge is 0.229 e. The lowest BCUT2D eigenvalue weighted by Gasteiger charge is -2.20. The summed E-state index contributed by atoms with van der Waals surface area (Å²) in [4.78, 5) is 38.4. The molecule has 1 saturated heterocycles. The highest BCUT2D eigenvalue weighted by atomic mass is 16.5. The zero-order valence-electron chi connectivity index (χ0n) is 16.6. The van der Waals surface area contributed by atoms with E-state index in [9.17, 15) is 14.4 Å². The number of rotatable bonds is 7. The average Bonchev–Trinajstić information content (AvgIpc) is 3.10. The van der Waals surface area contributed by atoms with E-state index in [1.54, 1.807) is 36.1 Å². The highest BCUT2D eigenvalue weighted by Crippen LogP contribution is 2.33. The Labute approximate surface area is 170 Å². The number of carbonyl (C=O) groups excluding carboxylic acids is 3. The molecule has 2 aromatic carbocycles. The number of ether oxygens (including phenoxy) is 1. The minimum absolute atomic E-state index is 0.0986. The molecule has 2 aromatic rings. The first-order valence-electron chi connectivity index (χ1n) is 9.74. The van der Waals surface area contributed by atoms with Crippen LogP contribution in [0.3, 0.4) is 0 Å². The summed E-state index contributed by atoms with van der Waals surface area (Å²) in [6, 6.07) is 14.3. The SMILES string of the molecule is CCOc1ccccc1N1CC(C(=O)Nc2cccc(NC(=O)CC)c2)CC1=O.